The second kappa shape index (κ2) is 13.9. The lowest BCUT2D eigenvalue weighted by Gasteiger charge is -2.23. The minimum absolute atomic E-state index is 0.0269. The number of nitrogens with one attached hydrogen (secondary N) is 1. The molecule has 1 atom stereocenters. The van der Waals surface area contributed by atoms with E-state index >= 15 is 0 Å². The van der Waals surface area contributed by atoms with Gasteiger partial charge in [-0.15, -0.1) is 11.8 Å². The van der Waals surface area contributed by atoms with E-state index in [1.807, 2.05) is 59.5 Å². The third-order valence-corrected chi connectivity index (χ3v) is 6.78. The van der Waals surface area contributed by atoms with Gasteiger partial charge in [0.1, 0.15) is 12.4 Å². The van der Waals surface area contributed by atoms with Crippen LogP contribution < -0.4 is 15.8 Å². The van der Waals surface area contributed by atoms with Gasteiger partial charge in [-0.25, -0.2) is 0 Å². The summed E-state index contributed by atoms with van der Waals surface area (Å²) in [5.74, 6) is 2.33. The molecule has 178 valence electrons. The summed E-state index contributed by atoms with van der Waals surface area (Å²) < 4.78 is 5.82. The monoisotopic (exact) mass is 469 g/mol. The molecule has 1 aliphatic heterocycles. The Morgan fingerprint density at radius 2 is 1.76 bits per heavy atom. The summed E-state index contributed by atoms with van der Waals surface area (Å²) in [7, 11) is 0. The van der Waals surface area contributed by atoms with Crippen LogP contribution in [0.1, 0.15) is 43.2 Å². The van der Waals surface area contributed by atoms with Gasteiger partial charge in [-0.1, -0.05) is 55.3 Å². The van der Waals surface area contributed by atoms with Gasteiger partial charge in [0.2, 0.25) is 11.8 Å². The van der Waals surface area contributed by atoms with Crippen LogP contribution in [-0.4, -0.2) is 47.5 Å². The molecular formula is C26H35N3O3S. The molecule has 1 aliphatic rings. The van der Waals surface area contributed by atoms with Gasteiger partial charge in [-0.3, -0.25) is 9.59 Å². The molecule has 2 aromatic rings. The molecule has 0 spiro atoms. The molecule has 2 amide bonds. The fraction of sp³-hybridized carbons (Fsp3) is 0.462. The Kier molecular flexibility index (Phi) is 10.6. The summed E-state index contributed by atoms with van der Waals surface area (Å²) in [6, 6.07) is 17.7. The molecule has 0 aliphatic carbocycles. The SMILES string of the molecule is NCCCCCCNC(=O)CC1CSCN1C(=O)Cc1ccc(OCc2ccccc2)cc1. The first kappa shape index (κ1) is 25.1. The van der Waals surface area contributed by atoms with Crippen LogP contribution in [0.2, 0.25) is 0 Å². The van der Waals surface area contributed by atoms with Gasteiger partial charge < -0.3 is 20.7 Å². The van der Waals surface area contributed by atoms with Crippen LogP contribution in [0.4, 0.5) is 0 Å². The first-order chi connectivity index (χ1) is 16.2. The molecule has 33 heavy (non-hydrogen) atoms. The normalized spacial score (nSPS) is 15.4. The van der Waals surface area contributed by atoms with Gasteiger partial charge >= 0.3 is 0 Å². The number of carbonyl (C=O) groups excluding carboxylic acids is 2. The number of nitrogens with zero attached hydrogens (tertiary/aromatic N) is 1. The van der Waals surface area contributed by atoms with Crippen molar-refractivity contribution in [3.63, 3.8) is 0 Å². The molecule has 1 heterocycles. The fourth-order valence-corrected chi connectivity index (χ4v) is 5.01. The van der Waals surface area contributed by atoms with Crippen molar-refractivity contribution in [3.05, 3.63) is 65.7 Å². The van der Waals surface area contributed by atoms with Gasteiger partial charge in [0.05, 0.1) is 18.3 Å². The van der Waals surface area contributed by atoms with E-state index in [9.17, 15) is 9.59 Å². The quantitative estimate of drug-likeness (QED) is 0.437. The van der Waals surface area contributed by atoms with Crippen LogP contribution >= 0.6 is 11.8 Å². The first-order valence-electron chi connectivity index (χ1n) is 11.8. The predicted molar refractivity (Wildman–Crippen MR) is 134 cm³/mol. The number of carbonyl (C=O) groups is 2. The fourth-order valence-electron chi connectivity index (χ4n) is 3.78. The average Bonchev–Trinajstić information content (AvgIpc) is 3.29. The topological polar surface area (TPSA) is 84.7 Å². The van der Waals surface area contributed by atoms with E-state index in [-0.39, 0.29) is 17.9 Å². The van der Waals surface area contributed by atoms with E-state index in [0.29, 0.717) is 31.9 Å². The van der Waals surface area contributed by atoms with Crippen molar-refractivity contribution in [2.45, 2.75) is 51.2 Å². The number of ether oxygens (including phenoxy) is 1. The van der Waals surface area contributed by atoms with Crippen LogP contribution in [0.25, 0.3) is 0 Å². The number of hydrogen-bond donors (Lipinski definition) is 2. The summed E-state index contributed by atoms with van der Waals surface area (Å²) >= 11 is 1.71. The van der Waals surface area contributed by atoms with Crippen molar-refractivity contribution < 1.29 is 14.3 Å². The van der Waals surface area contributed by atoms with Gasteiger partial charge in [0.15, 0.2) is 0 Å². The number of rotatable bonds is 13. The highest BCUT2D eigenvalue weighted by Gasteiger charge is 2.30. The average molecular weight is 470 g/mol. The molecular weight excluding hydrogens is 434 g/mol. The highest BCUT2D eigenvalue weighted by Crippen LogP contribution is 2.24. The lowest BCUT2D eigenvalue weighted by atomic mass is 10.1. The van der Waals surface area contributed by atoms with Gasteiger partial charge in [0.25, 0.3) is 0 Å². The molecule has 1 saturated heterocycles. The molecule has 0 radical (unpaired) electrons. The zero-order valence-corrected chi connectivity index (χ0v) is 20.0. The molecule has 0 saturated carbocycles. The maximum Gasteiger partial charge on any atom is 0.227 e. The van der Waals surface area contributed by atoms with E-state index in [1.165, 1.54) is 0 Å². The number of amides is 2. The van der Waals surface area contributed by atoms with Crippen molar-refractivity contribution in [2.24, 2.45) is 5.73 Å². The van der Waals surface area contributed by atoms with Crippen molar-refractivity contribution in [1.82, 2.24) is 10.2 Å². The lowest BCUT2D eigenvalue weighted by molar-refractivity contribution is -0.132. The summed E-state index contributed by atoms with van der Waals surface area (Å²) in [5.41, 5.74) is 7.56. The second-order valence-corrected chi connectivity index (χ2v) is 9.37. The largest absolute Gasteiger partial charge is 0.489 e. The summed E-state index contributed by atoms with van der Waals surface area (Å²) in [6.07, 6.45) is 4.89. The van der Waals surface area contributed by atoms with Crippen molar-refractivity contribution in [3.8, 4) is 5.75 Å². The highest BCUT2D eigenvalue weighted by molar-refractivity contribution is 7.99. The van der Waals surface area contributed by atoms with E-state index in [4.69, 9.17) is 10.5 Å². The Bertz CT molecular complexity index is 861. The number of thioether (sulfide) groups is 1. The maximum atomic E-state index is 12.9. The molecule has 1 unspecified atom stereocenters. The van der Waals surface area contributed by atoms with Crippen LogP contribution in [-0.2, 0) is 22.6 Å². The number of nitrogens with two attached hydrogens (primary N) is 1. The molecule has 0 bridgehead atoms. The Hall–Kier alpha value is -2.51. The van der Waals surface area contributed by atoms with E-state index in [2.05, 4.69) is 5.32 Å². The van der Waals surface area contributed by atoms with Crippen LogP contribution in [0.15, 0.2) is 54.6 Å². The highest BCUT2D eigenvalue weighted by atomic mass is 32.2. The molecule has 6 nitrogen and oxygen atoms in total. The minimum Gasteiger partial charge on any atom is -0.489 e. The molecule has 1 fully saturated rings. The number of benzene rings is 2. The Morgan fingerprint density at radius 1 is 1.00 bits per heavy atom. The lowest BCUT2D eigenvalue weighted by Crippen LogP contribution is -2.41. The van der Waals surface area contributed by atoms with Gasteiger partial charge in [-0.2, -0.15) is 0 Å². The van der Waals surface area contributed by atoms with E-state index < -0.39 is 0 Å². The van der Waals surface area contributed by atoms with Crippen LogP contribution in [0, 0.1) is 0 Å². The Morgan fingerprint density at radius 3 is 2.52 bits per heavy atom. The number of hydrogen-bond acceptors (Lipinski definition) is 5. The molecule has 3 rings (SSSR count). The van der Waals surface area contributed by atoms with Gasteiger partial charge in [-0.05, 0) is 42.6 Å². The zero-order chi connectivity index (χ0) is 23.3. The van der Waals surface area contributed by atoms with Crippen LogP contribution in [0.5, 0.6) is 5.75 Å². The summed E-state index contributed by atoms with van der Waals surface area (Å²) in [5, 5.41) is 2.99. The molecule has 2 aromatic carbocycles. The molecule has 7 heteroatoms. The third-order valence-electron chi connectivity index (χ3n) is 5.70. The summed E-state index contributed by atoms with van der Waals surface area (Å²) in [6.45, 7) is 1.93. The smallest absolute Gasteiger partial charge is 0.227 e. The van der Waals surface area contributed by atoms with E-state index in [0.717, 1.165) is 54.9 Å². The number of unbranched alkanes of at least 4 members (excludes halogenated alkanes) is 3. The molecule has 0 aromatic heterocycles. The summed E-state index contributed by atoms with van der Waals surface area (Å²) in [4.78, 5) is 27.1. The van der Waals surface area contributed by atoms with Gasteiger partial charge in [0, 0.05) is 18.7 Å². The van der Waals surface area contributed by atoms with E-state index in [1.54, 1.807) is 11.8 Å². The standard InChI is InChI=1S/C26H35N3O3S/c27-14-6-1-2-7-15-28-25(30)17-23-19-33-20-29(23)26(31)16-21-10-12-24(13-11-21)32-18-22-8-4-3-5-9-22/h3-5,8-13,23H,1-2,6-7,14-20,27H2,(H,28,30). The maximum absolute atomic E-state index is 12.9. The zero-order valence-electron chi connectivity index (χ0n) is 19.2. The Balaban J connectivity index is 1.40. The first-order valence-corrected chi connectivity index (χ1v) is 12.9. The predicted octanol–water partition coefficient (Wildman–Crippen LogP) is 3.74. The van der Waals surface area contributed by atoms with Crippen molar-refractivity contribution in [2.75, 3.05) is 24.7 Å². The second-order valence-electron chi connectivity index (χ2n) is 8.37. The van der Waals surface area contributed by atoms with Crippen LogP contribution in [0.3, 0.4) is 0 Å². The third kappa shape index (κ3) is 8.74. The molecule has 3 N–H and O–H groups in total. The van der Waals surface area contributed by atoms with Crippen molar-refractivity contribution in [1.29, 1.82) is 0 Å². The Labute approximate surface area is 201 Å². The minimum atomic E-state index is -0.0341. The van der Waals surface area contributed by atoms with Crippen molar-refractivity contribution >= 4 is 23.6 Å².